The van der Waals surface area contributed by atoms with E-state index in [9.17, 15) is 4.79 Å². The number of hydrogen-bond acceptors (Lipinski definition) is 4. The van der Waals surface area contributed by atoms with Crippen LogP contribution in [0.15, 0.2) is 48.8 Å². The van der Waals surface area contributed by atoms with Gasteiger partial charge in [-0.25, -0.2) is 0 Å². The molecule has 1 aliphatic rings. The Bertz CT molecular complexity index is 637. The highest BCUT2D eigenvalue weighted by Gasteiger charge is 2.11. The molecular formula is C19H23N3O2. The fourth-order valence-corrected chi connectivity index (χ4v) is 2.74. The van der Waals surface area contributed by atoms with Crippen LogP contribution in [0.2, 0.25) is 0 Å². The molecule has 2 aromatic rings. The fourth-order valence-electron chi connectivity index (χ4n) is 2.74. The highest BCUT2D eigenvalue weighted by molar-refractivity contribution is 5.76. The number of nitrogens with zero attached hydrogens (tertiary/aromatic N) is 2. The van der Waals surface area contributed by atoms with Gasteiger partial charge in [0.2, 0.25) is 5.91 Å². The number of ether oxygens (including phenoxy) is 1. The van der Waals surface area contributed by atoms with Gasteiger partial charge in [-0.05, 0) is 35.7 Å². The Morgan fingerprint density at radius 2 is 1.92 bits per heavy atom. The number of aromatic nitrogens is 1. The summed E-state index contributed by atoms with van der Waals surface area (Å²) in [6.07, 6.45) is 4.75. The molecule has 1 fully saturated rings. The van der Waals surface area contributed by atoms with Crippen molar-refractivity contribution in [3.8, 4) is 0 Å². The summed E-state index contributed by atoms with van der Waals surface area (Å²) in [5.41, 5.74) is 3.42. The molecule has 1 aliphatic heterocycles. The zero-order valence-corrected chi connectivity index (χ0v) is 13.8. The molecule has 1 saturated heterocycles. The molecule has 1 aromatic heterocycles. The first kappa shape index (κ1) is 16.5. The van der Waals surface area contributed by atoms with Crippen LogP contribution in [0.5, 0.6) is 0 Å². The summed E-state index contributed by atoms with van der Waals surface area (Å²) in [5.74, 6) is 0.0658. The zero-order chi connectivity index (χ0) is 16.6. The molecule has 126 valence electrons. The van der Waals surface area contributed by atoms with Crippen LogP contribution in [0, 0.1) is 0 Å². The van der Waals surface area contributed by atoms with Gasteiger partial charge in [0.25, 0.3) is 0 Å². The van der Waals surface area contributed by atoms with Crippen molar-refractivity contribution in [2.24, 2.45) is 0 Å². The van der Waals surface area contributed by atoms with Crippen LogP contribution in [0.25, 0.3) is 0 Å². The number of rotatable bonds is 6. The predicted octanol–water partition coefficient (Wildman–Crippen LogP) is 2.17. The average Bonchev–Trinajstić information content (AvgIpc) is 2.67. The molecule has 0 bridgehead atoms. The topological polar surface area (TPSA) is 54.5 Å². The van der Waals surface area contributed by atoms with Crippen molar-refractivity contribution in [3.63, 3.8) is 0 Å². The van der Waals surface area contributed by atoms with Gasteiger partial charge in [0.05, 0.1) is 13.2 Å². The summed E-state index contributed by atoms with van der Waals surface area (Å²) in [6, 6.07) is 12.3. The van der Waals surface area contributed by atoms with Crippen LogP contribution in [0.1, 0.15) is 17.5 Å². The highest BCUT2D eigenvalue weighted by Crippen LogP contribution is 2.17. The van der Waals surface area contributed by atoms with Crippen LogP contribution in [0.4, 0.5) is 5.69 Å². The number of amides is 1. The Hall–Kier alpha value is -2.40. The number of carbonyl (C=O) groups is 1. The van der Waals surface area contributed by atoms with Gasteiger partial charge in [-0.15, -0.1) is 0 Å². The molecule has 5 nitrogen and oxygen atoms in total. The van der Waals surface area contributed by atoms with Crippen LogP contribution < -0.4 is 10.2 Å². The molecule has 0 saturated carbocycles. The lowest BCUT2D eigenvalue weighted by Gasteiger charge is -2.28. The Morgan fingerprint density at radius 3 is 2.62 bits per heavy atom. The number of pyridine rings is 1. The molecular weight excluding hydrogens is 302 g/mol. The van der Waals surface area contributed by atoms with Crippen LogP contribution >= 0.6 is 0 Å². The summed E-state index contributed by atoms with van der Waals surface area (Å²) in [6.45, 7) is 3.99. The minimum absolute atomic E-state index is 0.0658. The van der Waals surface area contributed by atoms with E-state index >= 15 is 0 Å². The molecule has 0 aliphatic carbocycles. The molecule has 24 heavy (non-hydrogen) atoms. The normalized spacial score (nSPS) is 14.4. The number of morpholine rings is 1. The summed E-state index contributed by atoms with van der Waals surface area (Å²) in [4.78, 5) is 18.3. The van der Waals surface area contributed by atoms with E-state index in [4.69, 9.17) is 4.74 Å². The van der Waals surface area contributed by atoms with Gasteiger partial charge in [0.15, 0.2) is 0 Å². The van der Waals surface area contributed by atoms with Gasteiger partial charge < -0.3 is 15.0 Å². The lowest BCUT2D eigenvalue weighted by Crippen LogP contribution is -2.36. The van der Waals surface area contributed by atoms with Crippen molar-refractivity contribution in [3.05, 3.63) is 59.9 Å². The first-order valence-corrected chi connectivity index (χ1v) is 8.38. The van der Waals surface area contributed by atoms with Crippen LogP contribution in [-0.4, -0.2) is 37.2 Å². The van der Waals surface area contributed by atoms with E-state index in [2.05, 4.69) is 39.5 Å². The van der Waals surface area contributed by atoms with Crippen molar-refractivity contribution in [2.75, 3.05) is 31.2 Å². The summed E-state index contributed by atoms with van der Waals surface area (Å²) in [7, 11) is 0. The molecule has 2 heterocycles. The maximum Gasteiger partial charge on any atom is 0.220 e. The molecule has 5 heteroatoms. The Morgan fingerprint density at radius 1 is 1.12 bits per heavy atom. The number of aryl methyl sites for hydroxylation is 1. The van der Waals surface area contributed by atoms with Crippen molar-refractivity contribution < 1.29 is 9.53 Å². The van der Waals surface area contributed by atoms with E-state index in [-0.39, 0.29) is 5.91 Å². The molecule has 0 radical (unpaired) electrons. The highest BCUT2D eigenvalue weighted by atomic mass is 16.5. The summed E-state index contributed by atoms with van der Waals surface area (Å²) in [5, 5.41) is 2.93. The van der Waals surface area contributed by atoms with E-state index in [1.54, 1.807) is 12.4 Å². The maximum absolute atomic E-state index is 12.0. The fraction of sp³-hybridized carbons (Fsp3) is 0.368. The third-order valence-electron chi connectivity index (χ3n) is 4.17. The van der Waals surface area contributed by atoms with E-state index < -0.39 is 0 Å². The maximum atomic E-state index is 12.0. The number of anilines is 1. The summed E-state index contributed by atoms with van der Waals surface area (Å²) < 4.78 is 5.37. The van der Waals surface area contributed by atoms with Crippen molar-refractivity contribution >= 4 is 11.6 Å². The third-order valence-corrected chi connectivity index (χ3v) is 4.17. The van der Waals surface area contributed by atoms with Crippen molar-refractivity contribution in [1.82, 2.24) is 10.3 Å². The van der Waals surface area contributed by atoms with Crippen molar-refractivity contribution in [2.45, 2.75) is 19.4 Å². The van der Waals surface area contributed by atoms with Gasteiger partial charge in [0, 0.05) is 44.1 Å². The number of nitrogens with one attached hydrogen (secondary N) is 1. The monoisotopic (exact) mass is 325 g/mol. The van der Waals surface area contributed by atoms with E-state index in [0.717, 1.165) is 38.3 Å². The van der Waals surface area contributed by atoms with Gasteiger partial charge in [-0.2, -0.15) is 0 Å². The number of hydrogen-bond donors (Lipinski definition) is 1. The largest absolute Gasteiger partial charge is 0.378 e. The molecule has 0 spiro atoms. The minimum Gasteiger partial charge on any atom is -0.378 e. The minimum atomic E-state index is 0.0658. The van der Waals surface area contributed by atoms with E-state index in [1.807, 2.05) is 12.1 Å². The lowest BCUT2D eigenvalue weighted by molar-refractivity contribution is -0.121. The Labute approximate surface area is 142 Å². The SMILES string of the molecule is O=C(CCc1ccc(N2CCOCC2)cc1)NCc1cccnc1. The van der Waals surface area contributed by atoms with E-state index in [0.29, 0.717) is 13.0 Å². The van der Waals surface area contributed by atoms with Crippen molar-refractivity contribution in [1.29, 1.82) is 0 Å². The van der Waals surface area contributed by atoms with Gasteiger partial charge in [-0.3, -0.25) is 9.78 Å². The van der Waals surface area contributed by atoms with Gasteiger partial charge in [-0.1, -0.05) is 18.2 Å². The first-order chi connectivity index (χ1) is 11.8. The van der Waals surface area contributed by atoms with Crippen LogP contribution in [-0.2, 0) is 22.5 Å². The van der Waals surface area contributed by atoms with Gasteiger partial charge in [0.1, 0.15) is 0 Å². The van der Waals surface area contributed by atoms with Crippen LogP contribution in [0.3, 0.4) is 0 Å². The zero-order valence-electron chi connectivity index (χ0n) is 13.8. The lowest BCUT2D eigenvalue weighted by atomic mass is 10.1. The van der Waals surface area contributed by atoms with Gasteiger partial charge >= 0.3 is 0 Å². The molecule has 0 atom stereocenters. The Kier molecular flexibility index (Phi) is 5.80. The number of carbonyl (C=O) groups excluding carboxylic acids is 1. The molecule has 1 amide bonds. The summed E-state index contributed by atoms with van der Waals surface area (Å²) >= 11 is 0. The quantitative estimate of drug-likeness (QED) is 0.884. The molecule has 1 N–H and O–H groups in total. The second kappa shape index (κ2) is 8.45. The Balaban J connectivity index is 1.43. The molecule has 1 aromatic carbocycles. The third kappa shape index (κ3) is 4.80. The smallest absolute Gasteiger partial charge is 0.220 e. The average molecular weight is 325 g/mol. The second-order valence-electron chi connectivity index (χ2n) is 5.90. The molecule has 0 unspecified atom stereocenters. The first-order valence-electron chi connectivity index (χ1n) is 8.38. The van der Waals surface area contributed by atoms with E-state index in [1.165, 1.54) is 11.3 Å². The molecule has 3 rings (SSSR count). The standard InChI is InChI=1S/C19H23N3O2/c23-19(21-15-17-2-1-9-20-14-17)8-5-16-3-6-18(7-4-16)22-10-12-24-13-11-22/h1-4,6-7,9,14H,5,8,10-13,15H2,(H,21,23). The number of benzene rings is 1. The second-order valence-corrected chi connectivity index (χ2v) is 5.90. The predicted molar refractivity (Wildman–Crippen MR) is 93.9 cm³/mol.